The summed E-state index contributed by atoms with van der Waals surface area (Å²) in [6.45, 7) is 3.03. The Morgan fingerprint density at radius 1 is 1.44 bits per heavy atom. The molecule has 0 fully saturated rings. The Bertz CT molecular complexity index is 482. The fourth-order valence-electron chi connectivity index (χ4n) is 1.91. The molecular weight excluding hydrogens is 242 g/mol. The molecule has 0 aliphatic carbocycles. The molecule has 2 aromatic rings. The van der Waals surface area contributed by atoms with Crippen molar-refractivity contribution in [1.29, 1.82) is 0 Å². The molecule has 0 amide bonds. The molecule has 2 aromatic heterocycles. The lowest BCUT2D eigenvalue weighted by molar-refractivity contribution is 0.746. The predicted octanol–water partition coefficient (Wildman–Crippen LogP) is 3.06. The average molecular weight is 261 g/mol. The highest BCUT2D eigenvalue weighted by atomic mass is 32.1. The molecule has 2 heterocycles. The fourth-order valence-corrected chi connectivity index (χ4v) is 2.73. The van der Waals surface area contributed by atoms with Gasteiger partial charge in [0, 0.05) is 30.4 Å². The van der Waals surface area contributed by atoms with Gasteiger partial charge in [-0.3, -0.25) is 4.98 Å². The molecule has 18 heavy (non-hydrogen) atoms. The maximum absolute atomic E-state index is 4.35. The van der Waals surface area contributed by atoms with Crippen LogP contribution in [-0.4, -0.2) is 19.1 Å². The highest BCUT2D eigenvalue weighted by Gasteiger charge is 2.13. The number of aromatic nitrogens is 1. The SMILES string of the molecule is CNCc1cc(N(C)C(C)c2cccs2)ccn1. The number of nitrogens with one attached hydrogen (secondary N) is 1. The summed E-state index contributed by atoms with van der Waals surface area (Å²) in [7, 11) is 4.06. The van der Waals surface area contributed by atoms with E-state index in [9.17, 15) is 0 Å². The minimum atomic E-state index is 0.384. The van der Waals surface area contributed by atoms with Gasteiger partial charge in [0.15, 0.2) is 0 Å². The largest absolute Gasteiger partial charge is 0.367 e. The molecule has 3 nitrogen and oxygen atoms in total. The van der Waals surface area contributed by atoms with Crippen LogP contribution in [-0.2, 0) is 6.54 Å². The van der Waals surface area contributed by atoms with Gasteiger partial charge in [-0.2, -0.15) is 0 Å². The van der Waals surface area contributed by atoms with Gasteiger partial charge in [0.05, 0.1) is 11.7 Å². The van der Waals surface area contributed by atoms with Crippen molar-refractivity contribution in [1.82, 2.24) is 10.3 Å². The van der Waals surface area contributed by atoms with Crippen molar-refractivity contribution < 1.29 is 0 Å². The summed E-state index contributed by atoms with van der Waals surface area (Å²) in [4.78, 5) is 8.01. The number of hydrogen-bond donors (Lipinski definition) is 1. The van der Waals surface area contributed by atoms with Crippen LogP contribution in [0, 0.1) is 0 Å². The zero-order valence-electron chi connectivity index (χ0n) is 11.1. The van der Waals surface area contributed by atoms with Gasteiger partial charge in [0.2, 0.25) is 0 Å². The van der Waals surface area contributed by atoms with E-state index in [-0.39, 0.29) is 0 Å². The first-order chi connectivity index (χ1) is 8.72. The predicted molar refractivity (Wildman–Crippen MR) is 78.1 cm³/mol. The molecule has 0 radical (unpaired) electrons. The van der Waals surface area contributed by atoms with Crippen LogP contribution in [0.5, 0.6) is 0 Å². The third kappa shape index (κ3) is 2.89. The minimum Gasteiger partial charge on any atom is -0.367 e. The summed E-state index contributed by atoms with van der Waals surface area (Å²) in [6, 6.07) is 8.86. The van der Waals surface area contributed by atoms with E-state index in [1.807, 2.05) is 13.2 Å². The molecule has 0 spiro atoms. The molecule has 1 atom stereocenters. The summed E-state index contributed by atoms with van der Waals surface area (Å²) < 4.78 is 0. The Kier molecular flexibility index (Phi) is 4.33. The van der Waals surface area contributed by atoms with E-state index < -0.39 is 0 Å². The molecule has 96 valence electrons. The van der Waals surface area contributed by atoms with E-state index in [1.54, 1.807) is 11.3 Å². The van der Waals surface area contributed by atoms with Crippen molar-refractivity contribution in [2.24, 2.45) is 0 Å². The minimum absolute atomic E-state index is 0.384. The second-order valence-corrected chi connectivity index (χ2v) is 5.32. The van der Waals surface area contributed by atoms with Crippen LogP contribution in [0.3, 0.4) is 0 Å². The van der Waals surface area contributed by atoms with E-state index in [4.69, 9.17) is 0 Å². The molecule has 0 saturated carbocycles. The zero-order valence-corrected chi connectivity index (χ0v) is 11.9. The Balaban J connectivity index is 2.17. The van der Waals surface area contributed by atoms with E-state index in [2.05, 4.69) is 58.8 Å². The summed E-state index contributed by atoms with van der Waals surface area (Å²) >= 11 is 1.80. The van der Waals surface area contributed by atoms with E-state index in [1.165, 1.54) is 10.6 Å². The molecule has 1 unspecified atom stereocenters. The topological polar surface area (TPSA) is 28.2 Å². The van der Waals surface area contributed by atoms with Gasteiger partial charge in [0.25, 0.3) is 0 Å². The lowest BCUT2D eigenvalue weighted by Crippen LogP contribution is -2.21. The van der Waals surface area contributed by atoms with E-state index in [0.29, 0.717) is 6.04 Å². The lowest BCUT2D eigenvalue weighted by Gasteiger charge is -2.26. The molecule has 2 rings (SSSR count). The number of rotatable bonds is 5. The Hall–Kier alpha value is -1.39. The zero-order chi connectivity index (χ0) is 13.0. The van der Waals surface area contributed by atoms with Gasteiger partial charge in [-0.05, 0) is 37.6 Å². The number of anilines is 1. The summed E-state index contributed by atoms with van der Waals surface area (Å²) in [5, 5.41) is 5.25. The third-order valence-electron chi connectivity index (χ3n) is 3.10. The summed E-state index contributed by atoms with van der Waals surface area (Å²) in [6.07, 6.45) is 1.87. The van der Waals surface area contributed by atoms with Crippen LogP contribution in [0.15, 0.2) is 35.8 Å². The Morgan fingerprint density at radius 3 is 2.94 bits per heavy atom. The summed E-state index contributed by atoms with van der Waals surface area (Å²) in [5.41, 5.74) is 2.27. The van der Waals surface area contributed by atoms with Crippen LogP contribution in [0.25, 0.3) is 0 Å². The van der Waals surface area contributed by atoms with Crippen molar-refractivity contribution in [2.45, 2.75) is 19.5 Å². The second-order valence-electron chi connectivity index (χ2n) is 4.34. The van der Waals surface area contributed by atoms with Gasteiger partial charge in [-0.1, -0.05) is 6.07 Å². The molecule has 0 bridgehead atoms. The van der Waals surface area contributed by atoms with Gasteiger partial charge >= 0.3 is 0 Å². The third-order valence-corrected chi connectivity index (χ3v) is 4.14. The van der Waals surface area contributed by atoms with E-state index in [0.717, 1.165) is 12.2 Å². The van der Waals surface area contributed by atoms with Crippen molar-refractivity contribution in [3.05, 3.63) is 46.4 Å². The quantitative estimate of drug-likeness (QED) is 0.896. The maximum Gasteiger partial charge on any atom is 0.0603 e. The molecule has 4 heteroatoms. The van der Waals surface area contributed by atoms with Gasteiger partial charge in [-0.25, -0.2) is 0 Å². The standard InChI is InChI=1S/C14H19N3S/c1-11(14-5-4-8-18-14)17(3)13-6-7-16-12(9-13)10-15-2/h4-9,11,15H,10H2,1-3H3. The first kappa shape index (κ1) is 13.1. The molecule has 0 aliphatic heterocycles. The van der Waals surface area contributed by atoms with E-state index >= 15 is 0 Å². The number of nitrogens with zero attached hydrogens (tertiary/aromatic N) is 2. The van der Waals surface area contributed by atoms with Gasteiger partial charge in [-0.15, -0.1) is 11.3 Å². The summed E-state index contributed by atoms with van der Waals surface area (Å²) in [5.74, 6) is 0. The maximum atomic E-state index is 4.35. The smallest absolute Gasteiger partial charge is 0.0603 e. The van der Waals surface area contributed by atoms with Gasteiger partial charge in [0.1, 0.15) is 0 Å². The molecule has 0 aromatic carbocycles. The van der Waals surface area contributed by atoms with Crippen LogP contribution in [0.2, 0.25) is 0 Å². The van der Waals surface area contributed by atoms with Crippen LogP contribution >= 0.6 is 11.3 Å². The number of thiophene rings is 1. The average Bonchev–Trinajstić information content (AvgIpc) is 2.91. The van der Waals surface area contributed by atoms with Crippen LogP contribution < -0.4 is 10.2 Å². The van der Waals surface area contributed by atoms with Crippen LogP contribution in [0.1, 0.15) is 23.5 Å². The lowest BCUT2D eigenvalue weighted by atomic mass is 10.2. The highest BCUT2D eigenvalue weighted by molar-refractivity contribution is 7.10. The second kappa shape index (κ2) is 5.98. The molecule has 0 saturated heterocycles. The van der Waals surface area contributed by atoms with Gasteiger partial charge < -0.3 is 10.2 Å². The molecular formula is C14H19N3S. The van der Waals surface area contributed by atoms with Crippen molar-refractivity contribution >= 4 is 17.0 Å². The number of hydrogen-bond acceptors (Lipinski definition) is 4. The monoisotopic (exact) mass is 261 g/mol. The Morgan fingerprint density at radius 2 is 2.28 bits per heavy atom. The fraction of sp³-hybridized carbons (Fsp3) is 0.357. The normalized spacial score (nSPS) is 12.4. The van der Waals surface area contributed by atoms with Crippen molar-refractivity contribution in [3.8, 4) is 0 Å². The highest BCUT2D eigenvalue weighted by Crippen LogP contribution is 2.28. The van der Waals surface area contributed by atoms with Crippen molar-refractivity contribution in [2.75, 3.05) is 19.0 Å². The first-order valence-corrected chi connectivity index (χ1v) is 6.96. The first-order valence-electron chi connectivity index (χ1n) is 6.08. The van der Waals surface area contributed by atoms with Crippen molar-refractivity contribution in [3.63, 3.8) is 0 Å². The Labute approximate surface area is 112 Å². The van der Waals surface area contributed by atoms with Crippen LogP contribution in [0.4, 0.5) is 5.69 Å². The molecule has 1 N–H and O–H groups in total. The molecule has 0 aliphatic rings. The number of pyridine rings is 1.